The molecule has 3 N–H and O–H groups in total. The summed E-state index contributed by atoms with van der Waals surface area (Å²) in [7, 11) is 0. The Balaban J connectivity index is 1.23. The molecule has 12 heteroatoms. The van der Waals surface area contributed by atoms with Crippen LogP contribution in [-0.2, 0) is 12.8 Å². The topological polar surface area (TPSA) is 124 Å². The second-order valence-electron chi connectivity index (χ2n) is 8.35. The molecule has 0 aliphatic carbocycles. The number of piperazine rings is 1. The number of rotatable bonds is 10. The summed E-state index contributed by atoms with van der Waals surface area (Å²) in [5.41, 5.74) is 0. The molecule has 0 aromatic carbocycles. The van der Waals surface area contributed by atoms with Gasteiger partial charge in [0, 0.05) is 62.4 Å². The van der Waals surface area contributed by atoms with E-state index in [2.05, 4.69) is 52.8 Å². The van der Waals surface area contributed by atoms with E-state index >= 15 is 0 Å². The molecular formula is C23H33N9O2S. The number of nitrogens with one attached hydrogen (secondary N) is 3. The van der Waals surface area contributed by atoms with Crippen LogP contribution in [-0.4, -0.2) is 70.3 Å². The van der Waals surface area contributed by atoms with Crippen molar-refractivity contribution in [2.24, 2.45) is 0 Å². The Labute approximate surface area is 209 Å². The van der Waals surface area contributed by atoms with Gasteiger partial charge in [-0.3, -0.25) is 5.32 Å². The molecule has 1 aliphatic rings. The van der Waals surface area contributed by atoms with Crippen LogP contribution in [0.2, 0.25) is 0 Å². The molecule has 2 amide bonds. The molecule has 1 saturated heterocycles. The number of aromatic nitrogens is 4. The van der Waals surface area contributed by atoms with E-state index in [4.69, 9.17) is 4.52 Å². The number of anilines is 4. The minimum absolute atomic E-state index is 0.293. The fourth-order valence-electron chi connectivity index (χ4n) is 3.83. The average molecular weight is 500 g/mol. The summed E-state index contributed by atoms with van der Waals surface area (Å²) in [6, 6.07) is 3.43. The van der Waals surface area contributed by atoms with Crippen molar-refractivity contribution in [1.82, 2.24) is 30.3 Å². The zero-order valence-corrected chi connectivity index (χ0v) is 21.3. The van der Waals surface area contributed by atoms with Gasteiger partial charge in [-0.2, -0.15) is 0 Å². The number of hydrogen-bond acceptors (Lipinski definition) is 10. The van der Waals surface area contributed by atoms with E-state index in [0.717, 1.165) is 85.2 Å². The summed E-state index contributed by atoms with van der Waals surface area (Å²) in [5, 5.41) is 13.4. The van der Waals surface area contributed by atoms with Crippen molar-refractivity contribution in [3.63, 3.8) is 0 Å². The molecule has 4 heterocycles. The number of likely N-dealkylation sites (N-methyl/N-ethyl adjacent to an activating group) is 1. The van der Waals surface area contributed by atoms with Gasteiger partial charge in [-0.25, -0.2) is 19.7 Å². The van der Waals surface area contributed by atoms with Gasteiger partial charge in [-0.1, -0.05) is 19.0 Å². The molecule has 0 bridgehead atoms. The van der Waals surface area contributed by atoms with Crippen LogP contribution in [0.3, 0.4) is 0 Å². The molecule has 0 unspecified atom stereocenters. The van der Waals surface area contributed by atoms with Crippen LogP contribution < -0.4 is 20.9 Å². The van der Waals surface area contributed by atoms with E-state index in [1.54, 1.807) is 17.4 Å². The van der Waals surface area contributed by atoms with Crippen LogP contribution >= 0.6 is 11.3 Å². The van der Waals surface area contributed by atoms with Crippen molar-refractivity contribution in [2.75, 3.05) is 54.8 Å². The first-order valence-corrected chi connectivity index (χ1v) is 12.9. The van der Waals surface area contributed by atoms with Crippen LogP contribution in [0.15, 0.2) is 22.9 Å². The number of nitrogens with zero attached hydrogens (tertiary/aromatic N) is 6. The molecule has 0 spiro atoms. The minimum atomic E-state index is -0.293. The van der Waals surface area contributed by atoms with Crippen molar-refractivity contribution in [2.45, 2.75) is 40.0 Å². The van der Waals surface area contributed by atoms with Crippen molar-refractivity contribution in [3.05, 3.63) is 34.8 Å². The number of aryl methyl sites for hydroxylation is 3. The smallest absolute Gasteiger partial charge is 0.320 e. The van der Waals surface area contributed by atoms with Crippen LogP contribution in [0.5, 0.6) is 0 Å². The summed E-state index contributed by atoms with van der Waals surface area (Å²) >= 11 is 1.59. The number of carbonyl (C=O) groups is 1. The van der Waals surface area contributed by atoms with Crippen molar-refractivity contribution >= 4 is 40.0 Å². The third-order valence-electron chi connectivity index (χ3n) is 5.79. The van der Waals surface area contributed by atoms with Crippen LogP contribution in [0.4, 0.5) is 27.4 Å². The second-order valence-corrected chi connectivity index (χ2v) is 9.47. The van der Waals surface area contributed by atoms with E-state index in [-0.39, 0.29) is 6.03 Å². The molecule has 188 valence electrons. The zero-order valence-electron chi connectivity index (χ0n) is 20.5. The number of urea groups is 1. The van der Waals surface area contributed by atoms with Gasteiger partial charge < -0.3 is 25.0 Å². The van der Waals surface area contributed by atoms with Gasteiger partial charge in [-0.05, 0) is 26.3 Å². The van der Waals surface area contributed by atoms with Gasteiger partial charge in [0.25, 0.3) is 0 Å². The normalized spacial score (nSPS) is 14.2. The zero-order chi connectivity index (χ0) is 24.6. The molecule has 11 nitrogen and oxygen atoms in total. The van der Waals surface area contributed by atoms with Crippen molar-refractivity contribution in [1.29, 1.82) is 0 Å². The third kappa shape index (κ3) is 7.12. The molecule has 1 fully saturated rings. The van der Waals surface area contributed by atoms with Gasteiger partial charge in [0.2, 0.25) is 0 Å². The highest BCUT2D eigenvalue weighted by Crippen LogP contribution is 2.25. The fourth-order valence-corrected chi connectivity index (χ4v) is 4.69. The lowest BCUT2D eigenvalue weighted by atomic mass is 10.3. The maximum atomic E-state index is 12.0. The van der Waals surface area contributed by atoms with Crippen LogP contribution in [0.25, 0.3) is 0 Å². The third-order valence-corrected chi connectivity index (χ3v) is 6.76. The number of carbonyl (C=O) groups excluding carboxylic acids is 1. The predicted molar refractivity (Wildman–Crippen MR) is 138 cm³/mol. The van der Waals surface area contributed by atoms with Gasteiger partial charge >= 0.3 is 6.03 Å². The first-order valence-electron chi connectivity index (χ1n) is 12.1. The summed E-state index contributed by atoms with van der Waals surface area (Å²) in [4.78, 5) is 31.6. The van der Waals surface area contributed by atoms with Crippen molar-refractivity contribution < 1.29 is 9.32 Å². The summed E-state index contributed by atoms with van der Waals surface area (Å²) < 4.78 is 5.08. The van der Waals surface area contributed by atoms with E-state index in [0.29, 0.717) is 12.4 Å². The molecular weight excluding hydrogens is 466 g/mol. The SMILES string of the molecule is CCc1cc(NC(=O)NCCCc2cnc(Nc3cc(N4CCN(CC)CC4)nc(C)n3)s2)no1. The Hall–Kier alpha value is -3.25. The highest BCUT2D eigenvalue weighted by atomic mass is 32.1. The van der Waals surface area contributed by atoms with E-state index in [1.165, 1.54) is 0 Å². The lowest BCUT2D eigenvalue weighted by molar-refractivity contribution is 0.251. The number of amides is 2. The molecule has 35 heavy (non-hydrogen) atoms. The predicted octanol–water partition coefficient (Wildman–Crippen LogP) is 3.43. The van der Waals surface area contributed by atoms with Gasteiger partial charge in [0.15, 0.2) is 10.9 Å². The number of hydrogen-bond donors (Lipinski definition) is 3. The average Bonchev–Trinajstić information content (AvgIpc) is 3.50. The molecule has 4 rings (SSSR count). The Morgan fingerprint density at radius 2 is 1.97 bits per heavy atom. The van der Waals surface area contributed by atoms with E-state index in [1.807, 2.05) is 26.1 Å². The quantitative estimate of drug-likeness (QED) is 0.360. The standard InChI is InChI=1S/C23H33N9O2S/c1-4-17-13-20(30-34-17)28-22(33)24-8-6-7-18-15-25-23(35-18)29-19-14-21(27-16(3)26-19)32-11-9-31(5-2)10-12-32/h13-15H,4-12H2,1-3H3,(H2,24,28,30,33)(H,25,26,27,29). The highest BCUT2D eigenvalue weighted by molar-refractivity contribution is 7.15. The van der Waals surface area contributed by atoms with E-state index < -0.39 is 0 Å². The maximum Gasteiger partial charge on any atom is 0.320 e. The maximum absolute atomic E-state index is 12.0. The monoisotopic (exact) mass is 499 g/mol. The molecule has 3 aromatic heterocycles. The first kappa shape index (κ1) is 24.9. The summed E-state index contributed by atoms with van der Waals surface area (Å²) in [6.45, 7) is 11.7. The lowest BCUT2D eigenvalue weighted by Gasteiger charge is -2.34. The second kappa shape index (κ2) is 11.9. The number of thiazole rings is 1. The highest BCUT2D eigenvalue weighted by Gasteiger charge is 2.18. The lowest BCUT2D eigenvalue weighted by Crippen LogP contribution is -2.46. The van der Waals surface area contributed by atoms with Gasteiger partial charge in [0.05, 0.1) is 0 Å². The van der Waals surface area contributed by atoms with Crippen LogP contribution in [0.1, 0.15) is 36.7 Å². The summed E-state index contributed by atoms with van der Waals surface area (Å²) in [5.74, 6) is 3.60. The van der Waals surface area contributed by atoms with Gasteiger partial charge in [0.1, 0.15) is 23.2 Å². The first-order chi connectivity index (χ1) is 17.0. The Kier molecular flexibility index (Phi) is 8.48. The Morgan fingerprint density at radius 1 is 1.14 bits per heavy atom. The van der Waals surface area contributed by atoms with E-state index in [9.17, 15) is 4.79 Å². The molecule has 0 saturated carbocycles. The Morgan fingerprint density at radius 3 is 2.71 bits per heavy atom. The molecule has 0 radical (unpaired) electrons. The molecule has 1 aliphatic heterocycles. The van der Waals surface area contributed by atoms with Gasteiger partial charge in [-0.15, -0.1) is 11.3 Å². The molecule has 0 atom stereocenters. The fraction of sp³-hybridized carbons (Fsp3) is 0.522. The minimum Gasteiger partial charge on any atom is -0.359 e. The van der Waals surface area contributed by atoms with Crippen molar-refractivity contribution in [3.8, 4) is 0 Å². The Bertz CT molecular complexity index is 1110. The molecule has 3 aromatic rings. The largest absolute Gasteiger partial charge is 0.359 e. The van der Waals surface area contributed by atoms with Crippen LogP contribution in [0, 0.1) is 6.92 Å². The summed E-state index contributed by atoms with van der Waals surface area (Å²) in [6.07, 6.45) is 4.22.